The van der Waals surface area contributed by atoms with E-state index in [-0.39, 0.29) is 18.3 Å². The van der Waals surface area contributed by atoms with Crippen LogP contribution in [0.5, 0.6) is 0 Å². The summed E-state index contributed by atoms with van der Waals surface area (Å²) in [5.74, 6) is -0.206. The van der Waals surface area contributed by atoms with Gasteiger partial charge in [0.1, 0.15) is 5.54 Å². The highest BCUT2D eigenvalue weighted by molar-refractivity contribution is 5.86. The van der Waals surface area contributed by atoms with Crippen LogP contribution in [0.2, 0.25) is 0 Å². The van der Waals surface area contributed by atoms with Crippen molar-refractivity contribution < 1.29 is 4.79 Å². The van der Waals surface area contributed by atoms with Gasteiger partial charge in [-0.15, -0.1) is 12.4 Å². The van der Waals surface area contributed by atoms with Gasteiger partial charge in [-0.25, -0.2) is 0 Å². The first-order chi connectivity index (χ1) is 9.00. The molecule has 0 bridgehead atoms. The van der Waals surface area contributed by atoms with E-state index < -0.39 is 5.54 Å². The lowest BCUT2D eigenvalue weighted by molar-refractivity contribution is -0.126. The maximum Gasteiger partial charge on any atom is 0.244 e. The van der Waals surface area contributed by atoms with E-state index in [1.807, 2.05) is 43.6 Å². The third-order valence-corrected chi connectivity index (χ3v) is 3.06. The Morgan fingerprint density at radius 1 is 1.40 bits per heavy atom. The van der Waals surface area contributed by atoms with E-state index in [9.17, 15) is 4.79 Å². The summed E-state index contributed by atoms with van der Waals surface area (Å²) in [6, 6.07) is 9.34. The van der Waals surface area contributed by atoms with Gasteiger partial charge in [0.25, 0.3) is 0 Å². The molecular formula is C14H19ClN4O. The molecule has 2 aromatic rings. The molecule has 20 heavy (non-hydrogen) atoms. The van der Waals surface area contributed by atoms with E-state index in [2.05, 4.69) is 10.4 Å². The number of carbonyl (C=O) groups is 1. The summed E-state index contributed by atoms with van der Waals surface area (Å²) in [5.41, 5.74) is 6.81. The summed E-state index contributed by atoms with van der Waals surface area (Å²) >= 11 is 0. The Bertz CT molecular complexity index is 566. The van der Waals surface area contributed by atoms with Crippen LogP contribution >= 0.6 is 12.4 Å². The number of benzene rings is 1. The van der Waals surface area contributed by atoms with Gasteiger partial charge in [0.2, 0.25) is 5.91 Å². The highest BCUT2D eigenvalue weighted by atomic mass is 35.5. The quantitative estimate of drug-likeness (QED) is 0.893. The van der Waals surface area contributed by atoms with E-state index in [1.165, 1.54) is 0 Å². The number of aromatic nitrogens is 2. The molecule has 1 amide bonds. The molecule has 6 heteroatoms. The maximum atomic E-state index is 12.2. The fourth-order valence-electron chi connectivity index (χ4n) is 1.84. The molecule has 1 atom stereocenters. The summed E-state index contributed by atoms with van der Waals surface area (Å²) in [6.45, 7) is 2.13. The second kappa shape index (κ2) is 6.54. The largest absolute Gasteiger partial charge is 0.350 e. The van der Waals surface area contributed by atoms with Crippen LogP contribution in [0.4, 0.5) is 0 Å². The van der Waals surface area contributed by atoms with E-state index in [0.29, 0.717) is 6.54 Å². The van der Waals surface area contributed by atoms with Gasteiger partial charge in [-0.2, -0.15) is 5.10 Å². The molecule has 2 rings (SSSR count). The zero-order valence-electron chi connectivity index (χ0n) is 11.5. The Morgan fingerprint density at radius 2 is 2.05 bits per heavy atom. The highest BCUT2D eigenvalue weighted by Gasteiger charge is 2.29. The van der Waals surface area contributed by atoms with Crippen LogP contribution in [0.25, 0.3) is 0 Å². The van der Waals surface area contributed by atoms with Crippen LogP contribution in [0.1, 0.15) is 18.1 Å². The zero-order chi connectivity index (χ0) is 13.9. The molecule has 0 fully saturated rings. The molecule has 0 spiro atoms. The Labute approximate surface area is 124 Å². The van der Waals surface area contributed by atoms with E-state index in [1.54, 1.807) is 17.8 Å². The van der Waals surface area contributed by atoms with Crippen molar-refractivity contribution in [2.45, 2.75) is 19.0 Å². The van der Waals surface area contributed by atoms with Crippen molar-refractivity contribution in [1.29, 1.82) is 0 Å². The number of hydrogen-bond donors (Lipinski definition) is 2. The molecular weight excluding hydrogens is 276 g/mol. The number of hydrogen-bond acceptors (Lipinski definition) is 3. The lowest BCUT2D eigenvalue weighted by atomic mass is 9.92. The van der Waals surface area contributed by atoms with Crippen molar-refractivity contribution in [2.24, 2.45) is 12.8 Å². The number of halogens is 1. The molecule has 1 unspecified atom stereocenters. The average Bonchev–Trinajstić information content (AvgIpc) is 2.82. The summed E-state index contributed by atoms with van der Waals surface area (Å²) < 4.78 is 1.69. The second-order valence-corrected chi connectivity index (χ2v) is 4.77. The standard InChI is InChI=1S/C14H18N4O.ClH/c1-14(15,12-6-4-3-5-7-12)13(19)16-8-11-9-17-18(2)10-11;/h3-7,9-10H,8,15H2,1-2H3,(H,16,19);1H. The van der Waals surface area contributed by atoms with Gasteiger partial charge in [0.05, 0.1) is 6.20 Å². The van der Waals surface area contributed by atoms with Gasteiger partial charge in [0, 0.05) is 25.4 Å². The lowest BCUT2D eigenvalue weighted by Crippen LogP contribution is -2.48. The van der Waals surface area contributed by atoms with Crippen LogP contribution in [-0.2, 0) is 23.9 Å². The van der Waals surface area contributed by atoms with Gasteiger partial charge in [0.15, 0.2) is 0 Å². The molecule has 108 valence electrons. The van der Waals surface area contributed by atoms with Crippen molar-refractivity contribution in [3.05, 3.63) is 53.9 Å². The first-order valence-electron chi connectivity index (χ1n) is 6.10. The monoisotopic (exact) mass is 294 g/mol. The van der Waals surface area contributed by atoms with Gasteiger partial charge < -0.3 is 11.1 Å². The van der Waals surface area contributed by atoms with Crippen molar-refractivity contribution in [1.82, 2.24) is 15.1 Å². The predicted octanol–water partition coefficient (Wildman–Crippen LogP) is 1.33. The van der Waals surface area contributed by atoms with Crippen LogP contribution < -0.4 is 11.1 Å². The molecule has 0 saturated carbocycles. The van der Waals surface area contributed by atoms with Gasteiger partial charge in [-0.3, -0.25) is 9.48 Å². The summed E-state index contributed by atoms with van der Waals surface area (Å²) in [7, 11) is 1.84. The molecule has 0 radical (unpaired) electrons. The summed E-state index contributed by atoms with van der Waals surface area (Å²) in [6.07, 6.45) is 3.58. The highest BCUT2D eigenvalue weighted by Crippen LogP contribution is 2.17. The number of amides is 1. The molecule has 0 saturated heterocycles. The first-order valence-corrected chi connectivity index (χ1v) is 6.10. The average molecular weight is 295 g/mol. The molecule has 0 aliphatic rings. The second-order valence-electron chi connectivity index (χ2n) is 4.77. The van der Waals surface area contributed by atoms with Gasteiger partial charge in [-0.05, 0) is 12.5 Å². The normalized spacial score (nSPS) is 13.2. The zero-order valence-corrected chi connectivity index (χ0v) is 12.4. The van der Waals surface area contributed by atoms with Crippen LogP contribution in [0.15, 0.2) is 42.7 Å². The molecule has 1 heterocycles. The number of nitrogens with one attached hydrogen (secondary N) is 1. The van der Waals surface area contributed by atoms with Crippen molar-refractivity contribution in [2.75, 3.05) is 0 Å². The predicted molar refractivity (Wildman–Crippen MR) is 80.3 cm³/mol. The third kappa shape index (κ3) is 3.59. The van der Waals surface area contributed by atoms with E-state index in [4.69, 9.17) is 5.73 Å². The Hall–Kier alpha value is -1.85. The smallest absolute Gasteiger partial charge is 0.244 e. The number of carbonyl (C=O) groups excluding carboxylic acids is 1. The molecule has 3 N–H and O–H groups in total. The first kappa shape index (κ1) is 16.2. The van der Waals surface area contributed by atoms with E-state index in [0.717, 1.165) is 11.1 Å². The van der Waals surface area contributed by atoms with Crippen molar-refractivity contribution in [3.8, 4) is 0 Å². The topological polar surface area (TPSA) is 72.9 Å². The Morgan fingerprint density at radius 3 is 2.60 bits per heavy atom. The number of nitrogens with zero attached hydrogens (tertiary/aromatic N) is 2. The molecule has 1 aromatic heterocycles. The van der Waals surface area contributed by atoms with E-state index >= 15 is 0 Å². The minimum atomic E-state index is -1.04. The molecule has 1 aromatic carbocycles. The summed E-state index contributed by atoms with van der Waals surface area (Å²) in [5, 5.41) is 6.88. The number of rotatable bonds is 4. The van der Waals surface area contributed by atoms with Gasteiger partial charge >= 0.3 is 0 Å². The molecule has 0 aliphatic carbocycles. The fraction of sp³-hybridized carbons (Fsp3) is 0.286. The third-order valence-electron chi connectivity index (χ3n) is 3.06. The number of aryl methyl sites for hydroxylation is 1. The van der Waals surface area contributed by atoms with Crippen LogP contribution in [0.3, 0.4) is 0 Å². The van der Waals surface area contributed by atoms with Crippen molar-refractivity contribution >= 4 is 18.3 Å². The van der Waals surface area contributed by atoms with Crippen molar-refractivity contribution in [3.63, 3.8) is 0 Å². The Kier molecular flexibility index (Phi) is 5.30. The van der Waals surface area contributed by atoms with Crippen LogP contribution in [0, 0.1) is 0 Å². The molecule has 0 aliphatic heterocycles. The Balaban J connectivity index is 0.00000200. The van der Waals surface area contributed by atoms with Gasteiger partial charge in [-0.1, -0.05) is 30.3 Å². The SMILES string of the molecule is Cl.Cn1cc(CNC(=O)C(C)(N)c2ccccc2)cn1. The lowest BCUT2D eigenvalue weighted by Gasteiger charge is -2.23. The number of nitrogens with two attached hydrogens (primary N) is 1. The molecule has 5 nitrogen and oxygen atoms in total. The maximum absolute atomic E-state index is 12.2. The minimum absolute atomic E-state index is 0. The summed E-state index contributed by atoms with van der Waals surface area (Å²) in [4.78, 5) is 12.2. The minimum Gasteiger partial charge on any atom is -0.350 e. The van der Waals surface area contributed by atoms with Crippen LogP contribution in [-0.4, -0.2) is 15.7 Å². The fourth-order valence-corrected chi connectivity index (χ4v) is 1.84.